The van der Waals surface area contributed by atoms with Crippen LogP contribution in [0.3, 0.4) is 0 Å². The van der Waals surface area contributed by atoms with Gasteiger partial charge in [0.05, 0.1) is 0 Å². The number of rotatable bonds is 5. The normalized spacial score (nSPS) is 13.7. The highest BCUT2D eigenvalue weighted by atomic mass is 19.4. The van der Waals surface area contributed by atoms with E-state index in [0.717, 1.165) is 5.56 Å². The van der Waals surface area contributed by atoms with E-state index >= 15 is 0 Å². The number of alkyl halides is 3. The summed E-state index contributed by atoms with van der Waals surface area (Å²) in [6.45, 7) is 0. The minimum Gasteiger partial charge on any atom is -0.481 e. The second-order valence-corrected chi connectivity index (χ2v) is 3.81. The number of benzene rings is 1. The molecule has 0 aromatic heterocycles. The van der Waals surface area contributed by atoms with Gasteiger partial charge in [0, 0.05) is 0 Å². The molecule has 0 aliphatic rings. The lowest BCUT2D eigenvalue weighted by atomic mass is 10.1. The lowest BCUT2D eigenvalue weighted by molar-refractivity contribution is -0.183. The number of aliphatic carboxylic acids is 1. The summed E-state index contributed by atoms with van der Waals surface area (Å²) in [5.41, 5.74) is 1.00. The Morgan fingerprint density at radius 2 is 1.89 bits per heavy atom. The lowest BCUT2D eigenvalue weighted by Gasteiger charge is -2.11. The van der Waals surface area contributed by atoms with Gasteiger partial charge in [0.1, 0.15) is 0 Å². The van der Waals surface area contributed by atoms with Gasteiger partial charge in [-0.2, -0.15) is 13.2 Å². The van der Waals surface area contributed by atoms with Crippen LogP contribution in [-0.2, 0) is 11.2 Å². The van der Waals surface area contributed by atoms with Crippen molar-refractivity contribution in [1.82, 2.24) is 0 Å². The fraction of sp³-hybridized carbons (Fsp3) is 0.308. The third-order valence-corrected chi connectivity index (χ3v) is 2.39. The molecule has 18 heavy (non-hydrogen) atoms. The minimum atomic E-state index is -4.74. The van der Waals surface area contributed by atoms with Gasteiger partial charge in [0.2, 0.25) is 0 Å². The number of carboxylic acid groups (broad SMARTS) is 1. The molecule has 0 aliphatic heterocycles. The molecule has 1 atom stereocenters. The number of halogens is 3. The van der Waals surface area contributed by atoms with Gasteiger partial charge in [-0.05, 0) is 18.4 Å². The molecule has 2 nitrogen and oxygen atoms in total. The maximum Gasteiger partial charge on any atom is 0.405 e. The van der Waals surface area contributed by atoms with Crippen LogP contribution in [0.5, 0.6) is 0 Å². The monoisotopic (exact) mass is 258 g/mol. The van der Waals surface area contributed by atoms with E-state index in [2.05, 4.69) is 0 Å². The van der Waals surface area contributed by atoms with Crippen molar-refractivity contribution in [3.8, 4) is 0 Å². The number of carbonyl (C=O) groups is 1. The van der Waals surface area contributed by atoms with Crippen molar-refractivity contribution >= 4 is 5.97 Å². The molecule has 1 N–H and O–H groups in total. The molecule has 5 heteroatoms. The summed E-state index contributed by atoms with van der Waals surface area (Å²) in [5, 5.41) is 8.45. The largest absolute Gasteiger partial charge is 0.481 e. The molecular formula is C13H13F3O2. The zero-order valence-electron chi connectivity index (χ0n) is 9.52. The second kappa shape index (κ2) is 6.23. The summed E-state index contributed by atoms with van der Waals surface area (Å²) in [4.78, 5) is 10.4. The van der Waals surface area contributed by atoms with Crippen molar-refractivity contribution < 1.29 is 23.1 Å². The number of allylic oxidation sites excluding steroid dienone is 1. The van der Waals surface area contributed by atoms with Gasteiger partial charge in [0.15, 0.2) is 5.92 Å². The van der Waals surface area contributed by atoms with Gasteiger partial charge >= 0.3 is 12.1 Å². The zero-order chi connectivity index (χ0) is 13.6. The Labute approximate surface area is 103 Å². The topological polar surface area (TPSA) is 37.3 Å². The second-order valence-electron chi connectivity index (χ2n) is 3.81. The van der Waals surface area contributed by atoms with E-state index in [9.17, 15) is 18.0 Å². The molecule has 0 radical (unpaired) electrons. The quantitative estimate of drug-likeness (QED) is 0.821. The van der Waals surface area contributed by atoms with Crippen molar-refractivity contribution in [3.63, 3.8) is 0 Å². The van der Waals surface area contributed by atoms with Crippen LogP contribution in [0.4, 0.5) is 13.2 Å². The van der Waals surface area contributed by atoms with E-state index in [-0.39, 0.29) is 0 Å². The Bertz CT molecular complexity index is 410. The first-order valence-corrected chi connectivity index (χ1v) is 5.41. The molecule has 0 spiro atoms. The smallest absolute Gasteiger partial charge is 0.405 e. The van der Waals surface area contributed by atoms with Gasteiger partial charge in [-0.1, -0.05) is 42.5 Å². The predicted molar refractivity (Wildman–Crippen MR) is 61.1 cm³/mol. The summed E-state index contributed by atoms with van der Waals surface area (Å²) in [5.74, 6) is -4.30. The summed E-state index contributed by atoms with van der Waals surface area (Å²) < 4.78 is 36.9. The molecule has 0 saturated carbocycles. The standard InChI is InChI=1S/C13H13F3O2/c14-13(15,16)11(12(17)18)9-5-4-8-10-6-2-1-3-7-10/h1-3,5-7,9,11H,4,8H2,(H,17,18). The fourth-order valence-electron chi connectivity index (χ4n) is 1.46. The minimum absolute atomic E-state index is 0.379. The van der Waals surface area contributed by atoms with E-state index in [4.69, 9.17) is 5.11 Å². The van der Waals surface area contributed by atoms with Crippen LogP contribution in [0.2, 0.25) is 0 Å². The highest BCUT2D eigenvalue weighted by molar-refractivity contribution is 5.73. The average Bonchev–Trinajstić information content (AvgIpc) is 2.27. The summed E-state index contributed by atoms with van der Waals surface area (Å²) in [6, 6.07) is 9.27. The number of aryl methyl sites for hydroxylation is 1. The van der Waals surface area contributed by atoms with Crippen LogP contribution < -0.4 is 0 Å². The van der Waals surface area contributed by atoms with Crippen LogP contribution in [0.15, 0.2) is 42.5 Å². The van der Waals surface area contributed by atoms with E-state index in [1.165, 1.54) is 6.08 Å². The van der Waals surface area contributed by atoms with Crippen molar-refractivity contribution in [2.24, 2.45) is 5.92 Å². The zero-order valence-corrected chi connectivity index (χ0v) is 9.52. The fourth-order valence-corrected chi connectivity index (χ4v) is 1.46. The van der Waals surface area contributed by atoms with Crippen LogP contribution in [0.25, 0.3) is 0 Å². The van der Waals surface area contributed by atoms with Gasteiger partial charge in [-0.3, -0.25) is 4.79 Å². The summed E-state index contributed by atoms with van der Waals surface area (Å²) in [6.07, 6.45) is -1.81. The molecule has 0 fully saturated rings. The molecule has 1 rings (SSSR count). The summed E-state index contributed by atoms with van der Waals surface area (Å²) >= 11 is 0. The molecule has 0 amide bonds. The number of hydrogen-bond acceptors (Lipinski definition) is 1. The SMILES string of the molecule is O=C(O)C(C=CCCc1ccccc1)C(F)(F)F. The highest BCUT2D eigenvalue weighted by Gasteiger charge is 2.43. The van der Waals surface area contributed by atoms with Gasteiger partial charge < -0.3 is 5.11 Å². The Morgan fingerprint density at radius 1 is 1.28 bits per heavy atom. The van der Waals surface area contributed by atoms with Crippen LogP contribution in [0, 0.1) is 5.92 Å². The van der Waals surface area contributed by atoms with Crippen LogP contribution in [0.1, 0.15) is 12.0 Å². The van der Waals surface area contributed by atoms with Gasteiger partial charge in [0.25, 0.3) is 0 Å². The first kappa shape index (κ1) is 14.3. The van der Waals surface area contributed by atoms with Crippen molar-refractivity contribution in [3.05, 3.63) is 48.0 Å². The Morgan fingerprint density at radius 3 is 2.39 bits per heavy atom. The molecular weight excluding hydrogens is 245 g/mol. The summed E-state index contributed by atoms with van der Waals surface area (Å²) in [7, 11) is 0. The van der Waals surface area contributed by atoms with Crippen LogP contribution >= 0.6 is 0 Å². The highest BCUT2D eigenvalue weighted by Crippen LogP contribution is 2.27. The Hall–Kier alpha value is -1.78. The Kier molecular flexibility index (Phi) is 4.95. The molecule has 1 aromatic rings. The molecule has 0 aliphatic carbocycles. The maximum absolute atomic E-state index is 12.3. The van der Waals surface area contributed by atoms with Crippen molar-refractivity contribution in [2.45, 2.75) is 19.0 Å². The Balaban J connectivity index is 2.51. The maximum atomic E-state index is 12.3. The molecule has 0 heterocycles. The van der Waals surface area contributed by atoms with E-state index < -0.39 is 18.1 Å². The van der Waals surface area contributed by atoms with Crippen LogP contribution in [-0.4, -0.2) is 17.3 Å². The number of hydrogen-bond donors (Lipinski definition) is 1. The van der Waals surface area contributed by atoms with Crippen molar-refractivity contribution in [1.29, 1.82) is 0 Å². The lowest BCUT2D eigenvalue weighted by Crippen LogP contribution is -2.28. The molecule has 1 unspecified atom stereocenters. The van der Waals surface area contributed by atoms with E-state index in [1.807, 2.05) is 30.3 Å². The van der Waals surface area contributed by atoms with Crippen molar-refractivity contribution in [2.75, 3.05) is 0 Å². The molecule has 98 valence electrons. The average molecular weight is 258 g/mol. The number of carboxylic acids is 1. The molecule has 0 bridgehead atoms. The molecule has 0 saturated heterocycles. The first-order chi connectivity index (χ1) is 8.41. The van der Waals surface area contributed by atoms with E-state index in [0.29, 0.717) is 18.9 Å². The van der Waals surface area contributed by atoms with E-state index in [1.54, 1.807) is 0 Å². The predicted octanol–water partition coefficient (Wildman–Crippen LogP) is 3.44. The van der Waals surface area contributed by atoms with Gasteiger partial charge in [-0.25, -0.2) is 0 Å². The van der Waals surface area contributed by atoms with Gasteiger partial charge in [-0.15, -0.1) is 0 Å². The third-order valence-electron chi connectivity index (χ3n) is 2.39. The molecule has 1 aromatic carbocycles. The first-order valence-electron chi connectivity index (χ1n) is 5.41. The third kappa shape index (κ3) is 4.61.